The van der Waals surface area contributed by atoms with Crippen molar-refractivity contribution >= 4 is 56.4 Å². The third-order valence-electron chi connectivity index (χ3n) is 5.63. The molecular weight excluding hydrogens is 523 g/mol. The normalized spacial score (nSPS) is 15.0. The summed E-state index contributed by atoms with van der Waals surface area (Å²) in [6.45, 7) is 0.273. The lowest BCUT2D eigenvalue weighted by molar-refractivity contribution is -0.125. The second-order valence-electron chi connectivity index (χ2n) is 8.01. The van der Waals surface area contributed by atoms with Crippen LogP contribution in [0.3, 0.4) is 0 Å². The SMILES string of the molecule is N#Cc1ccc(CCNC(=O)CC2C(=O)Nc3ccccc3N2S(=O)(=O)c2ccc(Cl)c(Cl)c2)cc1. The molecule has 0 aliphatic carbocycles. The van der Waals surface area contributed by atoms with Crippen molar-refractivity contribution in [2.75, 3.05) is 16.2 Å². The molecule has 3 aromatic carbocycles. The molecule has 184 valence electrons. The lowest BCUT2D eigenvalue weighted by atomic mass is 10.1. The molecular formula is C25H20Cl2N4O4S. The number of fused-ring (bicyclic) bond motifs is 1. The van der Waals surface area contributed by atoms with Crippen LogP contribution >= 0.6 is 23.2 Å². The maximum atomic E-state index is 13.7. The third-order valence-corrected chi connectivity index (χ3v) is 8.19. The second-order valence-corrected chi connectivity index (χ2v) is 10.6. The molecule has 2 amide bonds. The molecule has 0 saturated heterocycles. The Labute approximate surface area is 218 Å². The monoisotopic (exact) mass is 542 g/mol. The van der Waals surface area contributed by atoms with E-state index in [9.17, 15) is 18.0 Å². The fraction of sp³-hybridized carbons (Fsp3) is 0.160. The Bertz CT molecular complexity index is 1470. The van der Waals surface area contributed by atoms with Gasteiger partial charge in [0.1, 0.15) is 6.04 Å². The first-order chi connectivity index (χ1) is 17.2. The molecule has 0 radical (unpaired) electrons. The number of amides is 2. The van der Waals surface area contributed by atoms with Gasteiger partial charge in [0.15, 0.2) is 0 Å². The number of rotatable bonds is 7. The predicted molar refractivity (Wildman–Crippen MR) is 137 cm³/mol. The number of carbonyl (C=O) groups excluding carboxylic acids is 2. The van der Waals surface area contributed by atoms with E-state index >= 15 is 0 Å². The fourth-order valence-electron chi connectivity index (χ4n) is 3.83. The summed E-state index contributed by atoms with van der Waals surface area (Å²) in [5.41, 5.74) is 2.00. The van der Waals surface area contributed by atoms with Gasteiger partial charge in [0.25, 0.3) is 10.0 Å². The summed E-state index contributed by atoms with van der Waals surface area (Å²) in [6.07, 6.45) is 0.108. The van der Waals surface area contributed by atoms with Gasteiger partial charge in [-0.25, -0.2) is 8.42 Å². The van der Waals surface area contributed by atoms with Crippen molar-refractivity contribution < 1.29 is 18.0 Å². The minimum atomic E-state index is -4.29. The Kier molecular flexibility index (Phi) is 7.50. The highest BCUT2D eigenvalue weighted by atomic mass is 35.5. The molecule has 0 spiro atoms. The van der Waals surface area contributed by atoms with Gasteiger partial charge in [0, 0.05) is 6.54 Å². The van der Waals surface area contributed by atoms with Crippen molar-refractivity contribution in [1.82, 2.24) is 5.32 Å². The lowest BCUT2D eigenvalue weighted by Gasteiger charge is -2.36. The third kappa shape index (κ3) is 5.31. The molecule has 0 fully saturated rings. The standard InChI is InChI=1S/C25H20Cl2N4O4S/c26-19-10-9-18(13-20(19)27)36(34,35)31-22-4-2-1-3-21(22)30-25(33)23(31)14-24(32)29-12-11-16-5-7-17(15-28)8-6-16/h1-10,13,23H,11-12,14H2,(H,29,32)(H,30,33). The van der Waals surface area contributed by atoms with Gasteiger partial charge in [-0.2, -0.15) is 5.26 Å². The van der Waals surface area contributed by atoms with Gasteiger partial charge in [0.2, 0.25) is 11.8 Å². The van der Waals surface area contributed by atoms with E-state index in [-0.39, 0.29) is 27.2 Å². The molecule has 3 aromatic rings. The Balaban J connectivity index is 1.57. The zero-order chi connectivity index (χ0) is 25.9. The molecule has 1 aliphatic rings. The number of hydrogen-bond acceptors (Lipinski definition) is 5. The van der Waals surface area contributed by atoms with Crippen molar-refractivity contribution in [2.24, 2.45) is 0 Å². The molecule has 0 bridgehead atoms. The van der Waals surface area contributed by atoms with Crippen LogP contribution < -0.4 is 14.9 Å². The van der Waals surface area contributed by atoms with E-state index in [0.29, 0.717) is 17.7 Å². The van der Waals surface area contributed by atoms with Crippen molar-refractivity contribution in [1.29, 1.82) is 5.26 Å². The molecule has 1 aliphatic heterocycles. The van der Waals surface area contributed by atoms with E-state index < -0.39 is 34.3 Å². The van der Waals surface area contributed by atoms with Crippen molar-refractivity contribution in [2.45, 2.75) is 23.8 Å². The summed E-state index contributed by atoms with van der Waals surface area (Å²) in [6, 6.07) is 18.0. The molecule has 0 aromatic heterocycles. The number of nitrogens with one attached hydrogen (secondary N) is 2. The molecule has 1 heterocycles. The van der Waals surface area contributed by atoms with Gasteiger partial charge in [-0.15, -0.1) is 0 Å². The predicted octanol–water partition coefficient (Wildman–Crippen LogP) is 4.13. The molecule has 8 nitrogen and oxygen atoms in total. The minimum Gasteiger partial charge on any atom is -0.356 e. The van der Waals surface area contributed by atoms with Gasteiger partial charge in [0.05, 0.1) is 44.4 Å². The number of nitriles is 1. The molecule has 11 heteroatoms. The second kappa shape index (κ2) is 10.6. The Hall–Kier alpha value is -3.58. The Morgan fingerprint density at radius 1 is 1.06 bits per heavy atom. The molecule has 2 N–H and O–H groups in total. The van der Waals surface area contributed by atoms with E-state index in [1.54, 1.807) is 48.5 Å². The number of halogens is 2. The minimum absolute atomic E-state index is 0.0459. The van der Waals surface area contributed by atoms with Crippen LogP contribution in [0.15, 0.2) is 71.6 Å². The summed E-state index contributed by atoms with van der Waals surface area (Å²) in [5, 5.41) is 14.5. The first-order valence-corrected chi connectivity index (χ1v) is 13.1. The van der Waals surface area contributed by atoms with Crippen LogP contribution in [-0.4, -0.2) is 32.8 Å². The number of hydrogen-bond donors (Lipinski definition) is 2. The molecule has 0 saturated carbocycles. The van der Waals surface area contributed by atoms with E-state index in [2.05, 4.69) is 10.6 Å². The van der Waals surface area contributed by atoms with Crippen LogP contribution in [0, 0.1) is 11.3 Å². The average Bonchev–Trinajstić information content (AvgIpc) is 2.86. The highest BCUT2D eigenvalue weighted by Crippen LogP contribution is 2.38. The molecule has 36 heavy (non-hydrogen) atoms. The quantitative estimate of drug-likeness (QED) is 0.465. The van der Waals surface area contributed by atoms with Crippen LogP contribution in [0.5, 0.6) is 0 Å². The number of benzene rings is 3. The Morgan fingerprint density at radius 2 is 1.78 bits per heavy atom. The first-order valence-electron chi connectivity index (χ1n) is 10.9. The van der Waals surface area contributed by atoms with Crippen LogP contribution in [-0.2, 0) is 26.0 Å². The van der Waals surface area contributed by atoms with Crippen molar-refractivity contribution in [3.05, 3.63) is 87.9 Å². The maximum Gasteiger partial charge on any atom is 0.265 e. The molecule has 4 rings (SSSR count). The molecule has 1 atom stereocenters. The average molecular weight is 543 g/mol. The summed E-state index contributed by atoms with van der Waals surface area (Å²) in [7, 11) is -4.29. The largest absolute Gasteiger partial charge is 0.356 e. The number of para-hydroxylation sites is 2. The summed E-state index contributed by atoms with van der Waals surface area (Å²) < 4.78 is 28.3. The van der Waals surface area contributed by atoms with E-state index in [4.69, 9.17) is 28.5 Å². The van der Waals surface area contributed by atoms with Crippen LogP contribution in [0.4, 0.5) is 11.4 Å². The van der Waals surface area contributed by atoms with Crippen LogP contribution in [0.1, 0.15) is 17.5 Å². The zero-order valence-electron chi connectivity index (χ0n) is 18.7. The van der Waals surface area contributed by atoms with Gasteiger partial charge in [-0.3, -0.25) is 13.9 Å². The van der Waals surface area contributed by atoms with Crippen LogP contribution in [0.25, 0.3) is 0 Å². The first kappa shape index (κ1) is 25.5. The van der Waals surface area contributed by atoms with Crippen molar-refractivity contribution in [3.8, 4) is 6.07 Å². The Morgan fingerprint density at radius 3 is 2.47 bits per heavy atom. The highest BCUT2D eigenvalue weighted by molar-refractivity contribution is 7.93. The number of anilines is 2. The van der Waals surface area contributed by atoms with Gasteiger partial charge >= 0.3 is 0 Å². The summed E-state index contributed by atoms with van der Waals surface area (Å²) >= 11 is 12.0. The number of sulfonamides is 1. The molecule has 1 unspecified atom stereocenters. The lowest BCUT2D eigenvalue weighted by Crippen LogP contribution is -2.52. The highest BCUT2D eigenvalue weighted by Gasteiger charge is 2.42. The van der Waals surface area contributed by atoms with Gasteiger partial charge in [-0.05, 0) is 54.4 Å². The van der Waals surface area contributed by atoms with E-state index in [1.165, 1.54) is 18.2 Å². The summed E-state index contributed by atoms with van der Waals surface area (Å²) in [4.78, 5) is 25.6. The maximum absolute atomic E-state index is 13.7. The number of carbonyl (C=O) groups is 2. The topological polar surface area (TPSA) is 119 Å². The van der Waals surface area contributed by atoms with Crippen LogP contribution in [0.2, 0.25) is 10.0 Å². The van der Waals surface area contributed by atoms with Gasteiger partial charge in [-0.1, -0.05) is 47.5 Å². The van der Waals surface area contributed by atoms with Gasteiger partial charge < -0.3 is 10.6 Å². The van der Waals surface area contributed by atoms with Crippen molar-refractivity contribution in [3.63, 3.8) is 0 Å². The number of nitrogens with zero attached hydrogens (tertiary/aromatic N) is 2. The van der Waals surface area contributed by atoms with E-state index in [0.717, 1.165) is 9.87 Å². The smallest absolute Gasteiger partial charge is 0.265 e. The van der Waals surface area contributed by atoms with E-state index in [1.807, 2.05) is 6.07 Å². The zero-order valence-corrected chi connectivity index (χ0v) is 21.1. The fourth-order valence-corrected chi connectivity index (χ4v) is 5.85. The summed E-state index contributed by atoms with van der Waals surface area (Å²) in [5.74, 6) is -1.11.